The van der Waals surface area contributed by atoms with Crippen molar-refractivity contribution < 1.29 is 14.4 Å². The molecule has 7 nitrogen and oxygen atoms in total. The minimum absolute atomic E-state index is 0. The van der Waals surface area contributed by atoms with Gasteiger partial charge in [-0.2, -0.15) is 0 Å². The van der Waals surface area contributed by atoms with E-state index in [1.54, 1.807) is 0 Å². The molecule has 1 heterocycles. The molecule has 0 bridgehead atoms. The molecule has 1 atom stereocenters. The number of nitrogens with zero attached hydrogens (tertiary/aromatic N) is 2. The van der Waals surface area contributed by atoms with Crippen molar-refractivity contribution in [3.05, 3.63) is 0 Å². The van der Waals surface area contributed by atoms with Crippen LogP contribution in [0.5, 0.6) is 0 Å². The Balaban J connectivity index is 0.00000338. The molecule has 1 aliphatic carbocycles. The van der Waals surface area contributed by atoms with Gasteiger partial charge in [-0.3, -0.25) is 14.4 Å². The lowest BCUT2D eigenvalue weighted by Crippen LogP contribution is -2.51. The Morgan fingerprint density at radius 3 is 2.38 bits per heavy atom. The number of hydrogen-bond donors (Lipinski definition) is 2. The maximum atomic E-state index is 12.5. The number of nitrogens with one attached hydrogen (secondary N) is 2. The molecule has 0 spiro atoms. The van der Waals surface area contributed by atoms with Crippen molar-refractivity contribution >= 4 is 46.9 Å². The topological polar surface area (TPSA) is 90.9 Å². The van der Waals surface area contributed by atoms with Crippen molar-refractivity contribution in [3.8, 4) is 0 Å². The molecule has 2 amide bonds. The predicted molar refractivity (Wildman–Crippen MR) is 106 cm³/mol. The van der Waals surface area contributed by atoms with Gasteiger partial charge in [-0.25, -0.2) is 5.43 Å². The number of carbonyl (C=O) groups excluding carboxylic acids is 3. The molecule has 0 radical (unpaired) electrons. The monoisotopic (exact) mass is 404 g/mol. The van der Waals surface area contributed by atoms with E-state index >= 15 is 0 Å². The lowest BCUT2D eigenvalue weighted by molar-refractivity contribution is -0.141. The Bertz CT molecular complexity index is 550. The van der Waals surface area contributed by atoms with Crippen LogP contribution in [0.3, 0.4) is 0 Å². The Hall–Kier alpha value is -1.28. The van der Waals surface area contributed by atoms with E-state index < -0.39 is 17.7 Å². The highest BCUT2D eigenvalue weighted by molar-refractivity contribution is 8.14. The minimum atomic E-state index is -0.816. The number of carbonyl (C=O) groups is 3. The van der Waals surface area contributed by atoms with Gasteiger partial charge < -0.3 is 10.2 Å². The van der Waals surface area contributed by atoms with E-state index in [-0.39, 0.29) is 30.2 Å². The van der Waals surface area contributed by atoms with Gasteiger partial charge in [0, 0.05) is 25.3 Å². The van der Waals surface area contributed by atoms with Gasteiger partial charge in [0.2, 0.25) is 11.7 Å². The fourth-order valence-electron chi connectivity index (χ4n) is 3.06. The van der Waals surface area contributed by atoms with Crippen LogP contribution in [0.25, 0.3) is 0 Å². The van der Waals surface area contributed by atoms with E-state index in [0.717, 1.165) is 44.4 Å². The fourth-order valence-corrected chi connectivity index (χ4v) is 4.03. The van der Waals surface area contributed by atoms with Crippen LogP contribution in [0.15, 0.2) is 5.10 Å². The summed E-state index contributed by atoms with van der Waals surface area (Å²) in [6.45, 7) is 4.51. The van der Waals surface area contributed by atoms with Gasteiger partial charge in [0.05, 0.1) is 6.04 Å². The van der Waals surface area contributed by atoms with E-state index in [1.807, 2.05) is 25.8 Å². The fraction of sp³-hybridized carbons (Fsp3) is 0.765. The minimum Gasteiger partial charge on any atom is -0.352 e. The molecule has 2 N–H and O–H groups in total. The molecule has 1 saturated carbocycles. The molecule has 2 aliphatic rings. The first-order valence-corrected chi connectivity index (χ1v) is 9.95. The quantitative estimate of drug-likeness (QED) is 0.520. The lowest BCUT2D eigenvalue weighted by atomic mass is 9.88. The Kier molecular flexibility index (Phi) is 9.43. The third-order valence-corrected chi connectivity index (χ3v) is 5.73. The molecule has 2 rings (SSSR count). The molecule has 1 aliphatic heterocycles. The van der Waals surface area contributed by atoms with Gasteiger partial charge in [-0.15, -0.1) is 17.5 Å². The number of hydrazone groups is 1. The summed E-state index contributed by atoms with van der Waals surface area (Å²) in [5.41, 5.74) is 2.33. The first-order chi connectivity index (χ1) is 11.9. The molecular formula is C17H29ClN4O3S. The molecule has 0 aromatic carbocycles. The van der Waals surface area contributed by atoms with Crippen molar-refractivity contribution in [2.45, 2.75) is 52.0 Å². The average Bonchev–Trinajstić information content (AvgIpc) is 3.02. The van der Waals surface area contributed by atoms with E-state index in [0.29, 0.717) is 5.17 Å². The van der Waals surface area contributed by atoms with E-state index in [9.17, 15) is 14.4 Å². The molecule has 9 heteroatoms. The van der Waals surface area contributed by atoms with Crippen molar-refractivity contribution in [3.63, 3.8) is 0 Å². The summed E-state index contributed by atoms with van der Waals surface area (Å²) in [5, 5.41) is 7.49. The largest absolute Gasteiger partial charge is 0.352 e. The summed E-state index contributed by atoms with van der Waals surface area (Å²) < 4.78 is 0. The van der Waals surface area contributed by atoms with Gasteiger partial charge >= 0.3 is 5.91 Å². The van der Waals surface area contributed by atoms with Crippen molar-refractivity contribution in [2.75, 3.05) is 19.3 Å². The van der Waals surface area contributed by atoms with Gasteiger partial charge in [0.1, 0.15) is 0 Å². The first kappa shape index (κ1) is 22.8. The zero-order chi connectivity index (χ0) is 18.4. The molecule has 0 aromatic rings. The second-order valence-corrected chi connectivity index (χ2v) is 8.10. The highest BCUT2D eigenvalue weighted by Gasteiger charge is 2.32. The lowest BCUT2D eigenvalue weighted by Gasteiger charge is -2.25. The predicted octanol–water partition coefficient (Wildman–Crippen LogP) is 1.76. The van der Waals surface area contributed by atoms with Crippen LogP contribution in [0.4, 0.5) is 0 Å². The number of Topliss-reactive ketones (excluding diaryl/α,β-unsaturated/α-hetero) is 1. The van der Waals surface area contributed by atoms with Crippen LogP contribution in [0, 0.1) is 11.8 Å². The number of rotatable bonds is 6. The second kappa shape index (κ2) is 10.8. The van der Waals surface area contributed by atoms with Gasteiger partial charge in [0.25, 0.3) is 0 Å². The maximum absolute atomic E-state index is 12.5. The van der Waals surface area contributed by atoms with E-state index in [1.165, 1.54) is 11.8 Å². The first-order valence-electron chi connectivity index (χ1n) is 8.96. The number of halogens is 1. The standard InChI is InChI=1S/C17H28N4O3S.ClH/c1-11(2)13(18-15(23)12-7-5-4-6-8-12)14(22)16(24)19-20-17-21(3)9-10-25-17;/h11-13H,4-10H2,1-3H3,(H,18,23)(H,19,24);1H/b20-17-;/t13-;/m1./s1. The number of amidine groups is 1. The second-order valence-electron chi connectivity index (χ2n) is 7.03. The smallest absolute Gasteiger partial charge is 0.309 e. The van der Waals surface area contributed by atoms with Crippen LogP contribution >= 0.6 is 24.2 Å². The summed E-state index contributed by atoms with van der Waals surface area (Å²) in [7, 11) is 1.88. The Morgan fingerprint density at radius 2 is 1.85 bits per heavy atom. The van der Waals surface area contributed by atoms with Gasteiger partial charge in [-0.1, -0.05) is 44.9 Å². The van der Waals surface area contributed by atoms with Crippen LogP contribution in [0.1, 0.15) is 46.0 Å². The molecule has 148 valence electrons. The Labute approximate surface area is 165 Å². The molecule has 0 unspecified atom stereocenters. The molecule has 2 fully saturated rings. The number of ketones is 1. The van der Waals surface area contributed by atoms with Gasteiger partial charge in [0.15, 0.2) is 5.17 Å². The van der Waals surface area contributed by atoms with Crippen LogP contribution in [0.2, 0.25) is 0 Å². The molecule has 0 aromatic heterocycles. The van der Waals surface area contributed by atoms with Crippen molar-refractivity contribution in [1.82, 2.24) is 15.6 Å². The van der Waals surface area contributed by atoms with Crippen LogP contribution in [-0.4, -0.2) is 53.1 Å². The van der Waals surface area contributed by atoms with Gasteiger partial charge in [-0.05, 0) is 18.8 Å². The summed E-state index contributed by atoms with van der Waals surface area (Å²) in [6, 6.07) is -0.816. The highest BCUT2D eigenvalue weighted by atomic mass is 35.5. The number of hydrogen-bond acceptors (Lipinski definition) is 5. The number of thioether (sulfide) groups is 1. The molecule has 26 heavy (non-hydrogen) atoms. The summed E-state index contributed by atoms with van der Waals surface area (Å²) in [4.78, 5) is 39.0. The summed E-state index contributed by atoms with van der Waals surface area (Å²) in [6.07, 6.45) is 4.96. The SMILES string of the molecule is CC(C)[C@@H](NC(=O)C1CCCCC1)C(=O)C(=O)N/N=C1\SCCN1C.Cl. The van der Waals surface area contributed by atoms with E-state index in [2.05, 4.69) is 15.8 Å². The van der Waals surface area contributed by atoms with Crippen LogP contribution in [-0.2, 0) is 14.4 Å². The highest BCUT2D eigenvalue weighted by Crippen LogP contribution is 2.24. The van der Waals surface area contributed by atoms with Crippen molar-refractivity contribution in [2.24, 2.45) is 16.9 Å². The number of amides is 2. The summed E-state index contributed by atoms with van der Waals surface area (Å²) in [5.74, 6) is -0.843. The summed E-state index contributed by atoms with van der Waals surface area (Å²) >= 11 is 1.53. The zero-order valence-electron chi connectivity index (χ0n) is 15.6. The van der Waals surface area contributed by atoms with Crippen LogP contribution < -0.4 is 10.7 Å². The molecular weight excluding hydrogens is 376 g/mol. The normalized spacial score (nSPS) is 20.6. The third-order valence-electron chi connectivity index (χ3n) is 4.68. The maximum Gasteiger partial charge on any atom is 0.309 e. The Morgan fingerprint density at radius 1 is 1.19 bits per heavy atom. The van der Waals surface area contributed by atoms with Crippen molar-refractivity contribution in [1.29, 1.82) is 0 Å². The molecule has 1 saturated heterocycles. The average molecular weight is 405 g/mol. The van der Waals surface area contributed by atoms with E-state index in [4.69, 9.17) is 0 Å². The third kappa shape index (κ3) is 6.16. The zero-order valence-corrected chi connectivity index (χ0v) is 17.3.